The maximum atomic E-state index is 12.9. The number of methoxy groups -OCH3 is 1. The van der Waals surface area contributed by atoms with E-state index in [1.807, 2.05) is 13.8 Å². The molecule has 0 radical (unpaired) electrons. The number of Topliss-reactive ketones (excluding diaryl/α,β-unsaturated/α-hetero) is 1. The van der Waals surface area contributed by atoms with Crippen molar-refractivity contribution < 1.29 is 24.2 Å². The fourth-order valence-corrected chi connectivity index (χ4v) is 5.41. The molecule has 0 spiro atoms. The third-order valence-electron chi connectivity index (χ3n) is 6.89. The lowest BCUT2D eigenvalue weighted by Gasteiger charge is -2.63. The number of carbonyl (C=O) groups excluding carboxylic acids is 2. The van der Waals surface area contributed by atoms with E-state index in [9.17, 15) is 14.7 Å². The van der Waals surface area contributed by atoms with Gasteiger partial charge in [-0.15, -0.1) is 0 Å². The third-order valence-corrected chi connectivity index (χ3v) is 6.89. The van der Waals surface area contributed by atoms with E-state index in [2.05, 4.69) is 6.58 Å². The maximum absolute atomic E-state index is 12.9. The van der Waals surface area contributed by atoms with E-state index in [-0.39, 0.29) is 11.9 Å². The standard InChI is InChI=1S/C19H28O5/c1-12(2)13-7-11-18(16(21)23-4)15(24-13)8-10-17(3)14(20)6-5-9-19(17,18)22/h13,15,22H,1,5-11H2,2-4H3/t13-,15-,17-,18+,19-/m1/s1. The van der Waals surface area contributed by atoms with Gasteiger partial charge in [-0.1, -0.05) is 12.2 Å². The molecular formula is C19H28O5. The van der Waals surface area contributed by atoms with Crippen LogP contribution in [0.15, 0.2) is 12.2 Å². The molecule has 0 aromatic heterocycles. The van der Waals surface area contributed by atoms with Crippen molar-refractivity contribution in [3.8, 4) is 0 Å². The zero-order valence-electron chi connectivity index (χ0n) is 14.9. The van der Waals surface area contributed by atoms with Crippen LogP contribution in [0.25, 0.3) is 0 Å². The predicted molar refractivity (Wildman–Crippen MR) is 88.3 cm³/mol. The van der Waals surface area contributed by atoms with Crippen molar-refractivity contribution in [2.45, 2.75) is 76.6 Å². The van der Waals surface area contributed by atoms with Crippen LogP contribution in [0, 0.1) is 10.8 Å². The average Bonchev–Trinajstić information content (AvgIpc) is 2.56. The van der Waals surface area contributed by atoms with Gasteiger partial charge in [0.05, 0.1) is 30.3 Å². The van der Waals surface area contributed by atoms with Crippen LogP contribution < -0.4 is 0 Å². The van der Waals surface area contributed by atoms with Gasteiger partial charge in [-0.05, 0) is 52.4 Å². The summed E-state index contributed by atoms with van der Waals surface area (Å²) in [7, 11) is 1.35. The quantitative estimate of drug-likeness (QED) is 0.620. The third kappa shape index (κ3) is 2.00. The summed E-state index contributed by atoms with van der Waals surface area (Å²) in [5.74, 6) is -0.393. The summed E-state index contributed by atoms with van der Waals surface area (Å²) in [6, 6.07) is 0. The molecule has 3 rings (SSSR count). The summed E-state index contributed by atoms with van der Waals surface area (Å²) < 4.78 is 11.3. The monoisotopic (exact) mass is 336 g/mol. The minimum Gasteiger partial charge on any atom is -0.468 e. The molecule has 0 amide bonds. The molecule has 1 saturated heterocycles. The van der Waals surface area contributed by atoms with Gasteiger partial charge >= 0.3 is 5.97 Å². The van der Waals surface area contributed by atoms with E-state index < -0.39 is 28.5 Å². The molecule has 5 nitrogen and oxygen atoms in total. The molecule has 1 aliphatic heterocycles. The number of aliphatic hydroxyl groups is 1. The van der Waals surface area contributed by atoms with E-state index in [1.54, 1.807) is 0 Å². The lowest BCUT2D eigenvalue weighted by atomic mass is 9.44. The second kappa shape index (κ2) is 5.67. The van der Waals surface area contributed by atoms with Crippen molar-refractivity contribution in [3.05, 3.63) is 12.2 Å². The zero-order chi connectivity index (χ0) is 17.8. The van der Waals surface area contributed by atoms with Crippen molar-refractivity contribution in [2.75, 3.05) is 7.11 Å². The van der Waals surface area contributed by atoms with Crippen LogP contribution in [0.5, 0.6) is 0 Å². The van der Waals surface area contributed by atoms with Gasteiger partial charge in [0.15, 0.2) is 0 Å². The fraction of sp³-hybridized carbons (Fsp3) is 0.789. The Morgan fingerprint density at radius 3 is 2.67 bits per heavy atom. The Morgan fingerprint density at radius 1 is 1.33 bits per heavy atom. The minimum absolute atomic E-state index is 0.0556. The molecule has 3 fully saturated rings. The first-order valence-corrected chi connectivity index (χ1v) is 8.88. The number of esters is 1. The number of fused-ring (bicyclic) bond motifs is 3. The van der Waals surface area contributed by atoms with Gasteiger partial charge in [0.1, 0.15) is 11.2 Å². The van der Waals surface area contributed by atoms with Gasteiger partial charge in [-0.3, -0.25) is 9.59 Å². The molecule has 2 aliphatic carbocycles. The van der Waals surface area contributed by atoms with Crippen LogP contribution in [-0.2, 0) is 19.1 Å². The van der Waals surface area contributed by atoms with Gasteiger partial charge in [-0.2, -0.15) is 0 Å². The maximum Gasteiger partial charge on any atom is 0.317 e. The van der Waals surface area contributed by atoms with E-state index in [0.717, 1.165) is 5.57 Å². The highest BCUT2D eigenvalue weighted by Crippen LogP contribution is 2.63. The summed E-state index contributed by atoms with van der Waals surface area (Å²) in [6.45, 7) is 7.71. The summed E-state index contributed by atoms with van der Waals surface area (Å²) in [4.78, 5) is 25.6. The number of hydrogen-bond donors (Lipinski definition) is 1. The summed E-state index contributed by atoms with van der Waals surface area (Å²) in [5, 5.41) is 11.8. The Morgan fingerprint density at radius 2 is 2.04 bits per heavy atom. The van der Waals surface area contributed by atoms with Crippen molar-refractivity contribution in [1.29, 1.82) is 0 Å². The highest BCUT2D eigenvalue weighted by Gasteiger charge is 2.73. The van der Waals surface area contributed by atoms with Crippen LogP contribution in [0.1, 0.15) is 58.8 Å². The van der Waals surface area contributed by atoms with Gasteiger partial charge in [0, 0.05) is 6.42 Å². The SMILES string of the molecule is C=C(C)[C@H]1CC[C@@]2(C(=O)OC)[C@@H](CC[C@]3(C)C(=O)CCC[C@@]32O)O1. The molecule has 1 N–H and O–H groups in total. The van der Waals surface area contributed by atoms with Gasteiger partial charge in [-0.25, -0.2) is 0 Å². The molecule has 2 saturated carbocycles. The molecule has 5 atom stereocenters. The largest absolute Gasteiger partial charge is 0.468 e. The zero-order valence-corrected chi connectivity index (χ0v) is 14.9. The minimum atomic E-state index is -1.41. The molecule has 134 valence electrons. The summed E-state index contributed by atoms with van der Waals surface area (Å²) in [6.07, 6.45) is 3.12. The highest BCUT2D eigenvalue weighted by atomic mass is 16.5. The first-order chi connectivity index (χ1) is 11.2. The normalized spacial score (nSPS) is 45.1. The average molecular weight is 336 g/mol. The van der Waals surface area contributed by atoms with Crippen LogP contribution in [-0.4, -0.2) is 41.8 Å². The lowest BCUT2D eigenvalue weighted by molar-refractivity contribution is -0.274. The van der Waals surface area contributed by atoms with Crippen LogP contribution in [0.4, 0.5) is 0 Å². The van der Waals surface area contributed by atoms with E-state index in [0.29, 0.717) is 44.9 Å². The molecule has 0 aromatic carbocycles. The smallest absolute Gasteiger partial charge is 0.317 e. The van der Waals surface area contributed by atoms with E-state index in [4.69, 9.17) is 9.47 Å². The van der Waals surface area contributed by atoms with Crippen LogP contribution >= 0.6 is 0 Å². The lowest BCUT2D eigenvalue weighted by Crippen LogP contribution is -2.74. The highest BCUT2D eigenvalue weighted by molar-refractivity contribution is 5.90. The number of ether oxygens (including phenoxy) is 2. The second-order valence-electron chi connectivity index (χ2n) is 7.97. The van der Waals surface area contributed by atoms with Crippen LogP contribution in [0.3, 0.4) is 0 Å². The molecule has 0 unspecified atom stereocenters. The Labute approximate surface area is 143 Å². The van der Waals surface area contributed by atoms with Crippen LogP contribution in [0.2, 0.25) is 0 Å². The Kier molecular flexibility index (Phi) is 4.16. The van der Waals surface area contributed by atoms with Crippen molar-refractivity contribution in [2.24, 2.45) is 10.8 Å². The number of ketones is 1. The fourth-order valence-electron chi connectivity index (χ4n) is 5.41. The topological polar surface area (TPSA) is 72.8 Å². The van der Waals surface area contributed by atoms with Crippen molar-refractivity contribution >= 4 is 11.8 Å². The number of rotatable bonds is 2. The molecule has 5 heteroatoms. The summed E-state index contributed by atoms with van der Waals surface area (Å²) >= 11 is 0. The molecule has 0 bridgehead atoms. The van der Waals surface area contributed by atoms with Gasteiger partial charge < -0.3 is 14.6 Å². The van der Waals surface area contributed by atoms with Crippen molar-refractivity contribution in [1.82, 2.24) is 0 Å². The first kappa shape index (κ1) is 17.6. The molecule has 24 heavy (non-hydrogen) atoms. The molecular weight excluding hydrogens is 308 g/mol. The Balaban J connectivity index is 2.11. The summed E-state index contributed by atoms with van der Waals surface area (Å²) in [5.41, 5.74) is -2.56. The number of hydrogen-bond acceptors (Lipinski definition) is 5. The Bertz CT molecular complexity index is 584. The predicted octanol–water partition coefficient (Wildman–Crippen LogP) is 2.55. The molecule has 1 heterocycles. The van der Waals surface area contributed by atoms with E-state index >= 15 is 0 Å². The molecule has 0 aromatic rings. The van der Waals surface area contributed by atoms with Gasteiger partial charge in [0.25, 0.3) is 0 Å². The number of carbonyl (C=O) groups is 2. The van der Waals surface area contributed by atoms with Gasteiger partial charge in [0.2, 0.25) is 0 Å². The second-order valence-corrected chi connectivity index (χ2v) is 7.97. The molecule has 3 aliphatic rings. The first-order valence-electron chi connectivity index (χ1n) is 8.88. The van der Waals surface area contributed by atoms with Crippen molar-refractivity contribution in [3.63, 3.8) is 0 Å². The van der Waals surface area contributed by atoms with E-state index in [1.165, 1.54) is 7.11 Å². The Hall–Kier alpha value is -1.20.